The molecule has 0 bridgehead atoms. The van der Waals surface area contributed by atoms with Gasteiger partial charge in [0.15, 0.2) is 6.10 Å². The second-order valence-corrected chi connectivity index (χ2v) is 20.5. The predicted octanol–water partition coefficient (Wildman–Crippen LogP) is 17.6. The highest BCUT2D eigenvalue weighted by molar-refractivity contribution is 7.47. The first-order valence-corrected chi connectivity index (χ1v) is 30.9. The average molecular weight is 1080 g/mol. The Morgan fingerprint density at radius 3 is 1.07 bits per heavy atom. The summed E-state index contributed by atoms with van der Waals surface area (Å²) in [5.41, 5.74) is 0. The number of hydrogen-bond donors (Lipinski definition) is 2. The number of rotatable bonds is 53. The minimum absolute atomic E-state index is 0.141. The van der Waals surface area contributed by atoms with E-state index >= 15 is 0 Å². The second-order valence-electron chi connectivity index (χ2n) is 19.0. The fourth-order valence-electron chi connectivity index (χ4n) is 7.43. The highest BCUT2D eigenvalue weighted by Gasteiger charge is 2.28. The molecule has 432 valence electrons. The van der Waals surface area contributed by atoms with Crippen LogP contribution in [-0.4, -0.2) is 66.5 Å². The van der Waals surface area contributed by atoms with Gasteiger partial charge in [-0.25, -0.2) is 4.57 Å². The Hall–Kier alpha value is -4.12. The summed E-state index contributed by atoms with van der Waals surface area (Å²) < 4.78 is 39.5. The van der Waals surface area contributed by atoms with Crippen molar-refractivity contribution in [3.63, 3.8) is 0 Å². The molecule has 76 heavy (non-hydrogen) atoms. The summed E-state index contributed by atoms with van der Waals surface area (Å²) in [6, 6.07) is 0. The zero-order valence-electron chi connectivity index (χ0n) is 47.7. The van der Waals surface area contributed by atoms with E-state index in [2.05, 4.69) is 142 Å². The van der Waals surface area contributed by atoms with Crippen LogP contribution in [0.5, 0.6) is 0 Å². The summed E-state index contributed by atoms with van der Waals surface area (Å²) >= 11 is 0. The Morgan fingerprint density at radius 2 is 0.684 bits per heavy atom. The summed E-state index contributed by atoms with van der Waals surface area (Å²) in [6.07, 6.45) is 70.1. The van der Waals surface area contributed by atoms with Gasteiger partial charge in [0.05, 0.1) is 19.8 Å². The SMILES string of the molecule is CC/C=C\C/C=C\C/C=C\C/C=C\C/C=C\CCCCCC(=O)OCC(COP(=O)(O)OCC(CO)OC(=O)CCCCCCC/C=C\C/C=C\CCC)OC(=O)CCCCCCCCC/C=C\C/C=C\C/C=C\CC. The van der Waals surface area contributed by atoms with Crippen molar-refractivity contribution in [3.05, 3.63) is 122 Å². The van der Waals surface area contributed by atoms with Crippen LogP contribution in [0.25, 0.3) is 0 Å². The van der Waals surface area contributed by atoms with Crippen molar-refractivity contribution in [3.8, 4) is 0 Å². The lowest BCUT2D eigenvalue weighted by Crippen LogP contribution is -2.30. The summed E-state index contributed by atoms with van der Waals surface area (Å²) in [7, 11) is -4.77. The zero-order chi connectivity index (χ0) is 55.5. The summed E-state index contributed by atoms with van der Waals surface area (Å²) in [6.45, 7) is 4.28. The van der Waals surface area contributed by atoms with Gasteiger partial charge in [-0.05, 0) is 122 Å². The first-order chi connectivity index (χ1) is 37.2. The summed E-state index contributed by atoms with van der Waals surface area (Å²) in [5, 5.41) is 9.81. The molecule has 0 aromatic carbocycles. The van der Waals surface area contributed by atoms with E-state index in [0.717, 1.165) is 167 Å². The molecule has 0 aliphatic carbocycles. The van der Waals surface area contributed by atoms with E-state index in [9.17, 15) is 28.9 Å². The molecule has 0 fully saturated rings. The minimum atomic E-state index is -4.77. The third-order valence-electron chi connectivity index (χ3n) is 11.8. The van der Waals surface area contributed by atoms with Gasteiger partial charge >= 0.3 is 25.7 Å². The van der Waals surface area contributed by atoms with Crippen molar-refractivity contribution < 1.29 is 52.2 Å². The van der Waals surface area contributed by atoms with Crippen LogP contribution in [-0.2, 0) is 42.2 Å². The quantitative estimate of drug-likeness (QED) is 0.0197. The van der Waals surface area contributed by atoms with Crippen molar-refractivity contribution >= 4 is 25.7 Å². The van der Waals surface area contributed by atoms with Gasteiger partial charge in [-0.3, -0.25) is 23.4 Å². The van der Waals surface area contributed by atoms with Gasteiger partial charge in [-0.2, -0.15) is 0 Å². The Morgan fingerprint density at radius 1 is 0.382 bits per heavy atom. The molecule has 0 spiro atoms. The molecule has 0 aromatic rings. The fourth-order valence-corrected chi connectivity index (χ4v) is 8.22. The maximum Gasteiger partial charge on any atom is 0.472 e. The largest absolute Gasteiger partial charge is 0.472 e. The number of allylic oxidation sites excluding steroid dienone is 20. The number of carbonyl (C=O) groups is 3. The zero-order valence-corrected chi connectivity index (χ0v) is 48.6. The normalized spacial score (nSPS) is 14.2. The predicted molar refractivity (Wildman–Crippen MR) is 316 cm³/mol. The van der Waals surface area contributed by atoms with Crippen LogP contribution in [0.3, 0.4) is 0 Å². The molecular weight excluding hydrogens is 976 g/mol. The fraction of sp³-hybridized carbons (Fsp3) is 0.641. The molecule has 12 heteroatoms. The lowest BCUT2D eigenvalue weighted by Gasteiger charge is -2.21. The first-order valence-electron chi connectivity index (χ1n) is 29.4. The standard InChI is InChI=1S/C64H105O11P/c1-4-7-10-13-16-19-22-25-27-29-30-32-33-36-38-41-44-47-50-53-62(66)71-57-61(75-64(68)55-52-49-46-43-40-37-34-31-28-26-23-20-17-14-11-8-5-2)59-73-76(69,70)72-58-60(56-65)74-63(67)54-51-48-45-42-39-35-24-21-18-15-12-9-6-3/h7-8,10-12,15-17,19-21,24-28,30,32,36,38,60-61,65H,4-6,9,13-14,18,22-23,29,31,33-35,37,39-59H2,1-3H3,(H,69,70)/b10-7-,11-8-,15-12-,19-16-,20-17-,24-21-,27-25-,28-26-,32-30-,38-36-. The number of ether oxygens (including phenoxy) is 3. The molecule has 2 N–H and O–H groups in total. The molecule has 0 aliphatic rings. The molecule has 0 amide bonds. The highest BCUT2D eigenvalue weighted by atomic mass is 31.2. The lowest BCUT2D eigenvalue weighted by atomic mass is 10.1. The van der Waals surface area contributed by atoms with Crippen LogP contribution < -0.4 is 0 Å². The van der Waals surface area contributed by atoms with Crippen molar-refractivity contribution in [2.75, 3.05) is 26.4 Å². The van der Waals surface area contributed by atoms with Crippen LogP contribution in [0, 0.1) is 0 Å². The molecule has 0 aliphatic heterocycles. The number of aliphatic hydroxyl groups excluding tert-OH is 1. The van der Waals surface area contributed by atoms with Crippen LogP contribution in [0.4, 0.5) is 0 Å². The number of aliphatic hydroxyl groups is 1. The number of hydrogen-bond acceptors (Lipinski definition) is 10. The van der Waals surface area contributed by atoms with E-state index in [1.54, 1.807) is 0 Å². The van der Waals surface area contributed by atoms with Crippen molar-refractivity contribution in [1.29, 1.82) is 0 Å². The van der Waals surface area contributed by atoms with Crippen molar-refractivity contribution in [1.82, 2.24) is 0 Å². The van der Waals surface area contributed by atoms with Gasteiger partial charge in [0, 0.05) is 19.3 Å². The summed E-state index contributed by atoms with van der Waals surface area (Å²) in [5.74, 6) is -1.54. The third kappa shape index (κ3) is 54.7. The van der Waals surface area contributed by atoms with Crippen molar-refractivity contribution in [2.45, 2.75) is 238 Å². The molecule has 0 saturated carbocycles. The topological polar surface area (TPSA) is 155 Å². The molecule has 0 radical (unpaired) electrons. The molecule has 3 atom stereocenters. The smallest absolute Gasteiger partial charge is 0.462 e. The number of phosphoric acid groups is 1. The molecule has 0 rings (SSSR count). The number of carbonyl (C=O) groups excluding carboxylic acids is 3. The first kappa shape index (κ1) is 71.9. The van der Waals surface area contributed by atoms with Gasteiger partial charge < -0.3 is 24.2 Å². The van der Waals surface area contributed by atoms with Gasteiger partial charge in [0.25, 0.3) is 0 Å². The van der Waals surface area contributed by atoms with E-state index in [-0.39, 0.29) is 25.9 Å². The monoisotopic (exact) mass is 1080 g/mol. The van der Waals surface area contributed by atoms with Crippen molar-refractivity contribution in [2.24, 2.45) is 0 Å². The highest BCUT2D eigenvalue weighted by Crippen LogP contribution is 2.43. The Kier molecular flexibility index (Phi) is 54.0. The van der Waals surface area contributed by atoms with Crippen LogP contribution in [0.15, 0.2) is 122 Å². The Balaban J connectivity index is 4.83. The van der Waals surface area contributed by atoms with Crippen LogP contribution in [0.2, 0.25) is 0 Å². The molecule has 0 heterocycles. The minimum Gasteiger partial charge on any atom is -0.462 e. The van der Waals surface area contributed by atoms with Crippen LogP contribution in [0.1, 0.15) is 226 Å². The van der Waals surface area contributed by atoms with E-state index < -0.39 is 57.8 Å². The number of esters is 3. The lowest BCUT2D eigenvalue weighted by molar-refractivity contribution is -0.161. The van der Waals surface area contributed by atoms with E-state index in [4.69, 9.17) is 23.3 Å². The van der Waals surface area contributed by atoms with E-state index in [1.807, 2.05) is 0 Å². The maximum atomic E-state index is 12.9. The molecule has 11 nitrogen and oxygen atoms in total. The van der Waals surface area contributed by atoms with Gasteiger partial charge in [0.2, 0.25) is 0 Å². The summed E-state index contributed by atoms with van der Waals surface area (Å²) in [4.78, 5) is 48.6. The molecule has 3 unspecified atom stereocenters. The Bertz CT molecular complexity index is 1740. The average Bonchev–Trinajstić information content (AvgIpc) is 3.41. The Labute approximate surface area is 462 Å². The van der Waals surface area contributed by atoms with Gasteiger partial charge in [0.1, 0.15) is 12.7 Å². The molecule has 0 aromatic heterocycles. The third-order valence-corrected chi connectivity index (χ3v) is 12.8. The van der Waals surface area contributed by atoms with Crippen LogP contribution >= 0.6 is 7.82 Å². The van der Waals surface area contributed by atoms with E-state index in [1.165, 1.54) is 0 Å². The maximum absolute atomic E-state index is 12.9. The molecule has 0 saturated heterocycles. The number of phosphoric ester groups is 1. The van der Waals surface area contributed by atoms with Gasteiger partial charge in [-0.1, -0.05) is 206 Å². The number of unbranched alkanes of at least 4 members (excludes halogenated alkanes) is 16. The molecular formula is C64H105O11P. The second kappa shape index (κ2) is 57.1. The van der Waals surface area contributed by atoms with E-state index in [0.29, 0.717) is 19.3 Å². The van der Waals surface area contributed by atoms with Gasteiger partial charge in [-0.15, -0.1) is 0 Å².